The minimum Gasteiger partial charge on any atom is -0.493 e. The van der Waals surface area contributed by atoms with Crippen molar-refractivity contribution in [1.82, 2.24) is 0 Å². The third-order valence-electron chi connectivity index (χ3n) is 4.27. The summed E-state index contributed by atoms with van der Waals surface area (Å²) in [6.07, 6.45) is 4.66. The number of aliphatic hydroxyl groups is 1. The lowest BCUT2D eigenvalue weighted by molar-refractivity contribution is -0.110. The molecule has 1 saturated heterocycles. The van der Waals surface area contributed by atoms with Crippen molar-refractivity contribution in [2.24, 2.45) is 0 Å². The van der Waals surface area contributed by atoms with Crippen LogP contribution in [0.5, 0.6) is 5.75 Å². The van der Waals surface area contributed by atoms with Crippen LogP contribution < -0.4 is 4.74 Å². The molecular weight excluding hydrogens is 240 g/mol. The highest BCUT2D eigenvalue weighted by Gasteiger charge is 2.36. The van der Waals surface area contributed by atoms with Crippen molar-refractivity contribution in [3.8, 4) is 5.75 Å². The first-order chi connectivity index (χ1) is 9.21. The van der Waals surface area contributed by atoms with Gasteiger partial charge in [-0.15, -0.1) is 0 Å². The second kappa shape index (κ2) is 5.14. The number of benzene rings is 1. The molecular formula is C16H22O3. The second-order valence-corrected chi connectivity index (χ2v) is 5.69. The van der Waals surface area contributed by atoms with E-state index in [1.165, 1.54) is 5.56 Å². The lowest BCUT2D eigenvalue weighted by Crippen LogP contribution is -2.38. The lowest BCUT2D eigenvalue weighted by atomic mass is 9.82. The summed E-state index contributed by atoms with van der Waals surface area (Å²) in [5.74, 6) is 0.976. The summed E-state index contributed by atoms with van der Waals surface area (Å²) < 4.78 is 11.3. The average molecular weight is 262 g/mol. The van der Waals surface area contributed by atoms with Crippen LogP contribution in [0.2, 0.25) is 0 Å². The number of fused-ring (bicyclic) bond motifs is 1. The van der Waals surface area contributed by atoms with Crippen LogP contribution in [-0.4, -0.2) is 24.4 Å². The first-order valence-electron chi connectivity index (χ1n) is 7.31. The Morgan fingerprint density at radius 2 is 2.26 bits per heavy atom. The highest BCUT2D eigenvalue weighted by Crippen LogP contribution is 2.38. The van der Waals surface area contributed by atoms with Crippen molar-refractivity contribution in [3.05, 3.63) is 29.3 Å². The molecule has 0 spiro atoms. The zero-order valence-corrected chi connectivity index (χ0v) is 11.5. The van der Waals surface area contributed by atoms with Crippen LogP contribution in [0.25, 0.3) is 0 Å². The predicted octanol–water partition coefficient (Wildman–Crippen LogP) is 2.79. The van der Waals surface area contributed by atoms with Crippen LogP contribution in [-0.2, 0) is 16.8 Å². The fourth-order valence-electron chi connectivity index (χ4n) is 3.18. The van der Waals surface area contributed by atoms with Crippen LogP contribution in [0.4, 0.5) is 0 Å². The van der Waals surface area contributed by atoms with E-state index in [0.29, 0.717) is 19.4 Å². The van der Waals surface area contributed by atoms with Crippen LogP contribution in [0.15, 0.2) is 18.2 Å². The van der Waals surface area contributed by atoms with E-state index in [2.05, 4.69) is 13.0 Å². The Kier molecular flexibility index (Phi) is 3.50. The van der Waals surface area contributed by atoms with Gasteiger partial charge >= 0.3 is 0 Å². The second-order valence-electron chi connectivity index (χ2n) is 5.69. The number of hydrogen-bond donors (Lipinski definition) is 1. The van der Waals surface area contributed by atoms with E-state index in [-0.39, 0.29) is 6.10 Å². The van der Waals surface area contributed by atoms with Gasteiger partial charge in [0.25, 0.3) is 0 Å². The molecule has 0 bridgehead atoms. The summed E-state index contributed by atoms with van der Waals surface area (Å²) in [7, 11) is 0. The third-order valence-corrected chi connectivity index (χ3v) is 4.27. The summed E-state index contributed by atoms with van der Waals surface area (Å²) in [5, 5.41) is 11.0. The molecule has 19 heavy (non-hydrogen) atoms. The van der Waals surface area contributed by atoms with Gasteiger partial charge in [0, 0.05) is 19.3 Å². The first-order valence-corrected chi connectivity index (χ1v) is 7.31. The molecule has 3 rings (SSSR count). The van der Waals surface area contributed by atoms with Gasteiger partial charge in [0.15, 0.2) is 0 Å². The van der Waals surface area contributed by atoms with Gasteiger partial charge < -0.3 is 14.6 Å². The fourth-order valence-corrected chi connectivity index (χ4v) is 3.18. The van der Waals surface area contributed by atoms with E-state index < -0.39 is 5.60 Å². The minimum atomic E-state index is -0.726. The smallest absolute Gasteiger partial charge is 0.122 e. The molecule has 3 nitrogen and oxygen atoms in total. The SMILES string of the molecule is CCCC1CC(O)(c2ccc3c(c2)CCO3)CCO1. The molecule has 0 aromatic heterocycles. The molecule has 1 aromatic carbocycles. The van der Waals surface area contributed by atoms with E-state index in [9.17, 15) is 5.11 Å². The molecule has 2 unspecified atom stereocenters. The predicted molar refractivity (Wildman–Crippen MR) is 73.4 cm³/mol. The topological polar surface area (TPSA) is 38.7 Å². The summed E-state index contributed by atoms with van der Waals surface area (Å²) in [6, 6.07) is 6.13. The number of ether oxygens (including phenoxy) is 2. The van der Waals surface area contributed by atoms with Gasteiger partial charge in [-0.2, -0.15) is 0 Å². The van der Waals surface area contributed by atoms with Gasteiger partial charge in [0.2, 0.25) is 0 Å². The van der Waals surface area contributed by atoms with Crippen molar-refractivity contribution in [2.75, 3.05) is 13.2 Å². The van der Waals surface area contributed by atoms with Crippen LogP contribution in [0, 0.1) is 0 Å². The van der Waals surface area contributed by atoms with Gasteiger partial charge in [-0.1, -0.05) is 19.4 Å². The standard InChI is InChI=1S/C16H22O3/c1-2-3-14-11-16(17,7-9-18-14)13-4-5-15-12(10-13)6-8-19-15/h4-5,10,14,17H,2-3,6-9,11H2,1H3. The molecule has 3 heteroatoms. The molecule has 0 aliphatic carbocycles. The molecule has 2 heterocycles. The van der Waals surface area contributed by atoms with E-state index in [1.807, 2.05) is 12.1 Å². The monoisotopic (exact) mass is 262 g/mol. The molecule has 2 aliphatic rings. The maximum atomic E-state index is 11.0. The highest BCUT2D eigenvalue weighted by molar-refractivity contribution is 5.41. The summed E-state index contributed by atoms with van der Waals surface area (Å²) in [5.41, 5.74) is 1.53. The van der Waals surface area contributed by atoms with E-state index >= 15 is 0 Å². The van der Waals surface area contributed by atoms with Crippen molar-refractivity contribution >= 4 is 0 Å². The highest BCUT2D eigenvalue weighted by atomic mass is 16.5. The van der Waals surface area contributed by atoms with Crippen molar-refractivity contribution in [2.45, 2.75) is 50.7 Å². The fraction of sp³-hybridized carbons (Fsp3) is 0.625. The Labute approximate surface area is 114 Å². The van der Waals surface area contributed by atoms with E-state index in [4.69, 9.17) is 9.47 Å². The molecule has 1 N–H and O–H groups in total. The molecule has 0 saturated carbocycles. The maximum Gasteiger partial charge on any atom is 0.122 e. The van der Waals surface area contributed by atoms with Crippen LogP contribution in [0.1, 0.15) is 43.7 Å². The van der Waals surface area contributed by atoms with Gasteiger partial charge in [-0.3, -0.25) is 0 Å². The Morgan fingerprint density at radius 3 is 3.11 bits per heavy atom. The maximum absolute atomic E-state index is 11.0. The zero-order chi connectivity index (χ0) is 13.3. The normalized spacial score (nSPS) is 29.9. The summed E-state index contributed by atoms with van der Waals surface area (Å²) >= 11 is 0. The molecule has 0 radical (unpaired) electrons. The Bertz CT molecular complexity index is 455. The van der Waals surface area contributed by atoms with Crippen molar-refractivity contribution in [3.63, 3.8) is 0 Å². The molecule has 2 atom stereocenters. The number of hydrogen-bond acceptors (Lipinski definition) is 3. The van der Waals surface area contributed by atoms with Gasteiger partial charge in [0.05, 0.1) is 24.9 Å². The molecule has 1 aromatic rings. The third kappa shape index (κ3) is 2.49. The van der Waals surface area contributed by atoms with E-state index in [1.54, 1.807) is 0 Å². The summed E-state index contributed by atoms with van der Waals surface area (Å²) in [6.45, 7) is 3.57. The van der Waals surface area contributed by atoms with Gasteiger partial charge in [-0.25, -0.2) is 0 Å². The average Bonchev–Trinajstić information content (AvgIpc) is 2.86. The van der Waals surface area contributed by atoms with Crippen LogP contribution >= 0.6 is 0 Å². The van der Waals surface area contributed by atoms with Gasteiger partial charge in [-0.05, 0) is 29.7 Å². The minimum absolute atomic E-state index is 0.188. The number of rotatable bonds is 3. The Morgan fingerprint density at radius 1 is 1.37 bits per heavy atom. The quantitative estimate of drug-likeness (QED) is 0.910. The van der Waals surface area contributed by atoms with Crippen molar-refractivity contribution < 1.29 is 14.6 Å². The zero-order valence-electron chi connectivity index (χ0n) is 11.5. The molecule has 104 valence electrons. The first kappa shape index (κ1) is 12.9. The van der Waals surface area contributed by atoms with Crippen molar-refractivity contribution in [1.29, 1.82) is 0 Å². The molecule has 0 amide bonds. The molecule has 2 aliphatic heterocycles. The largest absolute Gasteiger partial charge is 0.493 e. The summed E-state index contributed by atoms with van der Waals surface area (Å²) in [4.78, 5) is 0. The van der Waals surface area contributed by atoms with E-state index in [0.717, 1.165) is 37.2 Å². The van der Waals surface area contributed by atoms with Crippen LogP contribution in [0.3, 0.4) is 0 Å². The molecule has 1 fully saturated rings. The Hall–Kier alpha value is -1.06. The lowest BCUT2D eigenvalue weighted by Gasteiger charge is -2.37. The van der Waals surface area contributed by atoms with Gasteiger partial charge in [0.1, 0.15) is 5.75 Å². The Balaban J connectivity index is 1.83.